The molecule has 2 atom stereocenters. The van der Waals surface area contributed by atoms with E-state index in [1.165, 1.54) is 25.9 Å². The number of thiol groups is 1. The molecule has 1 unspecified atom stereocenters. The molecule has 0 saturated carbocycles. The number of hydrogen-bond donors (Lipinski definition) is 2. The van der Waals surface area contributed by atoms with Gasteiger partial charge in [-0.3, -0.25) is 4.79 Å². The molecule has 1 N–H and O–H groups in total. The number of amides is 1. The molecule has 1 rings (SSSR count). The van der Waals surface area contributed by atoms with E-state index >= 15 is 0 Å². The second-order valence-electron chi connectivity index (χ2n) is 5.78. The van der Waals surface area contributed by atoms with E-state index in [2.05, 4.69) is 36.7 Å². The standard InChI is InChI=1S/C14H28N2OS/c1-11(2)13(15-14(17)12(3)10-18)6-9-16-7-4-5-8-16/h11-13,18H,4-10H2,1-3H3,(H,15,17)/t12?,13-/m0/s1. The Morgan fingerprint density at radius 2 is 1.89 bits per heavy atom. The zero-order chi connectivity index (χ0) is 13.5. The Morgan fingerprint density at radius 3 is 2.39 bits per heavy atom. The highest BCUT2D eigenvalue weighted by atomic mass is 32.1. The number of likely N-dealkylation sites (tertiary alicyclic amines) is 1. The highest BCUT2D eigenvalue weighted by molar-refractivity contribution is 7.80. The summed E-state index contributed by atoms with van der Waals surface area (Å²) in [5.74, 6) is 1.25. The minimum Gasteiger partial charge on any atom is -0.353 e. The van der Waals surface area contributed by atoms with Gasteiger partial charge in [-0.1, -0.05) is 20.8 Å². The quantitative estimate of drug-likeness (QED) is 0.696. The fraction of sp³-hybridized carbons (Fsp3) is 0.929. The van der Waals surface area contributed by atoms with Crippen molar-refractivity contribution in [1.29, 1.82) is 0 Å². The monoisotopic (exact) mass is 272 g/mol. The molecular weight excluding hydrogens is 244 g/mol. The van der Waals surface area contributed by atoms with Gasteiger partial charge in [0, 0.05) is 24.3 Å². The molecule has 3 nitrogen and oxygen atoms in total. The van der Waals surface area contributed by atoms with Crippen LogP contribution in [0.25, 0.3) is 0 Å². The first kappa shape index (κ1) is 15.8. The number of carbonyl (C=O) groups excluding carboxylic acids is 1. The van der Waals surface area contributed by atoms with Crippen LogP contribution in [0.15, 0.2) is 0 Å². The maximum atomic E-state index is 11.9. The Kier molecular flexibility index (Phi) is 7.08. The van der Waals surface area contributed by atoms with E-state index in [0.29, 0.717) is 17.7 Å². The van der Waals surface area contributed by atoms with Crippen molar-refractivity contribution in [3.8, 4) is 0 Å². The molecule has 1 fully saturated rings. The maximum absolute atomic E-state index is 11.9. The highest BCUT2D eigenvalue weighted by Crippen LogP contribution is 2.12. The average molecular weight is 272 g/mol. The van der Waals surface area contributed by atoms with Crippen LogP contribution in [0.2, 0.25) is 0 Å². The van der Waals surface area contributed by atoms with Crippen molar-refractivity contribution in [2.24, 2.45) is 11.8 Å². The van der Waals surface area contributed by atoms with Crippen LogP contribution in [0.3, 0.4) is 0 Å². The van der Waals surface area contributed by atoms with Crippen LogP contribution in [0.1, 0.15) is 40.0 Å². The predicted octanol–water partition coefficient (Wildman–Crippen LogP) is 2.18. The van der Waals surface area contributed by atoms with Gasteiger partial charge in [0.25, 0.3) is 0 Å². The van der Waals surface area contributed by atoms with Crippen LogP contribution >= 0.6 is 12.6 Å². The largest absolute Gasteiger partial charge is 0.353 e. The molecule has 0 aliphatic carbocycles. The molecule has 0 aromatic heterocycles. The Labute approximate surface area is 117 Å². The summed E-state index contributed by atoms with van der Waals surface area (Å²) in [4.78, 5) is 14.4. The molecule has 0 radical (unpaired) electrons. The summed E-state index contributed by atoms with van der Waals surface area (Å²) in [6.07, 6.45) is 3.72. The average Bonchev–Trinajstić information content (AvgIpc) is 2.85. The van der Waals surface area contributed by atoms with Gasteiger partial charge in [-0.05, 0) is 38.3 Å². The fourth-order valence-electron chi connectivity index (χ4n) is 2.31. The lowest BCUT2D eigenvalue weighted by Gasteiger charge is -2.26. The predicted molar refractivity (Wildman–Crippen MR) is 80.1 cm³/mol. The Balaban J connectivity index is 2.36. The van der Waals surface area contributed by atoms with Crippen molar-refractivity contribution in [2.45, 2.75) is 46.1 Å². The van der Waals surface area contributed by atoms with Crippen molar-refractivity contribution < 1.29 is 4.79 Å². The normalized spacial score (nSPS) is 20.1. The summed E-state index contributed by atoms with van der Waals surface area (Å²) in [7, 11) is 0. The first-order chi connectivity index (χ1) is 8.54. The van der Waals surface area contributed by atoms with Gasteiger partial charge in [-0.15, -0.1) is 0 Å². The third-order valence-corrected chi connectivity index (χ3v) is 4.36. The van der Waals surface area contributed by atoms with Gasteiger partial charge >= 0.3 is 0 Å². The van der Waals surface area contributed by atoms with Gasteiger partial charge in [0.2, 0.25) is 5.91 Å². The first-order valence-electron chi connectivity index (χ1n) is 7.18. The van der Waals surface area contributed by atoms with Gasteiger partial charge in [0.1, 0.15) is 0 Å². The van der Waals surface area contributed by atoms with E-state index in [4.69, 9.17) is 0 Å². The van der Waals surface area contributed by atoms with E-state index in [-0.39, 0.29) is 11.8 Å². The van der Waals surface area contributed by atoms with E-state index in [9.17, 15) is 4.79 Å². The Morgan fingerprint density at radius 1 is 1.28 bits per heavy atom. The molecule has 0 bridgehead atoms. The smallest absolute Gasteiger partial charge is 0.223 e. The minimum absolute atomic E-state index is 0.00127. The van der Waals surface area contributed by atoms with Crippen molar-refractivity contribution in [1.82, 2.24) is 10.2 Å². The molecule has 0 aromatic carbocycles. The third kappa shape index (κ3) is 5.19. The molecule has 106 valence electrons. The molecule has 1 aliphatic heterocycles. The summed E-state index contributed by atoms with van der Waals surface area (Å²) in [6.45, 7) is 9.86. The van der Waals surface area contributed by atoms with Gasteiger partial charge in [-0.2, -0.15) is 12.6 Å². The summed E-state index contributed by atoms with van der Waals surface area (Å²) in [6, 6.07) is 0.292. The summed E-state index contributed by atoms with van der Waals surface area (Å²) in [5, 5.41) is 3.18. The number of nitrogens with one attached hydrogen (secondary N) is 1. The van der Waals surface area contributed by atoms with Gasteiger partial charge in [-0.25, -0.2) is 0 Å². The zero-order valence-corrected chi connectivity index (χ0v) is 12.9. The Hall–Kier alpha value is -0.220. The van der Waals surface area contributed by atoms with Crippen LogP contribution in [0.4, 0.5) is 0 Å². The second kappa shape index (κ2) is 8.05. The van der Waals surface area contributed by atoms with Crippen LogP contribution in [0.5, 0.6) is 0 Å². The highest BCUT2D eigenvalue weighted by Gasteiger charge is 2.21. The van der Waals surface area contributed by atoms with Gasteiger partial charge in [0.15, 0.2) is 0 Å². The van der Waals surface area contributed by atoms with Gasteiger partial charge < -0.3 is 10.2 Å². The molecule has 1 heterocycles. The lowest BCUT2D eigenvalue weighted by Crippen LogP contribution is -2.43. The van der Waals surface area contributed by atoms with Gasteiger partial charge in [0.05, 0.1) is 0 Å². The topological polar surface area (TPSA) is 32.3 Å². The number of carbonyl (C=O) groups is 1. The lowest BCUT2D eigenvalue weighted by atomic mass is 9.99. The summed E-state index contributed by atoms with van der Waals surface area (Å²) in [5.41, 5.74) is 0. The van der Waals surface area contributed by atoms with Crippen LogP contribution < -0.4 is 5.32 Å². The van der Waals surface area contributed by atoms with Crippen molar-refractivity contribution in [3.05, 3.63) is 0 Å². The van der Waals surface area contributed by atoms with E-state index < -0.39 is 0 Å². The number of nitrogens with zero attached hydrogens (tertiary/aromatic N) is 1. The van der Waals surface area contributed by atoms with E-state index in [1.54, 1.807) is 0 Å². The maximum Gasteiger partial charge on any atom is 0.223 e. The molecule has 18 heavy (non-hydrogen) atoms. The molecule has 0 spiro atoms. The SMILES string of the molecule is CC(CS)C(=O)N[C@@H](CCN1CCCC1)C(C)C. The summed E-state index contributed by atoms with van der Waals surface area (Å²) >= 11 is 4.18. The number of hydrogen-bond acceptors (Lipinski definition) is 3. The fourth-order valence-corrected chi connectivity index (χ4v) is 2.47. The van der Waals surface area contributed by atoms with Crippen molar-refractivity contribution in [2.75, 3.05) is 25.4 Å². The van der Waals surface area contributed by atoms with E-state index in [0.717, 1.165) is 13.0 Å². The zero-order valence-electron chi connectivity index (χ0n) is 12.0. The molecule has 0 aromatic rings. The molecule has 1 saturated heterocycles. The van der Waals surface area contributed by atoms with Crippen molar-refractivity contribution in [3.63, 3.8) is 0 Å². The van der Waals surface area contributed by atoms with Crippen LogP contribution in [-0.4, -0.2) is 42.2 Å². The Bertz CT molecular complexity index is 252. The minimum atomic E-state index is 0.00127. The first-order valence-corrected chi connectivity index (χ1v) is 7.81. The van der Waals surface area contributed by atoms with Crippen LogP contribution in [0, 0.1) is 11.8 Å². The lowest BCUT2D eigenvalue weighted by molar-refractivity contribution is -0.124. The third-order valence-electron chi connectivity index (χ3n) is 3.81. The second-order valence-corrected chi connectivity index (χ2v) is 6.15. The molecular formula is C14H28N2OS. The molecule has 4 heteroatoms. The van der Waals surface area contributed by atoms with Crippen molar-refractivity contribution >= 4 is 18.5 Å². The summed E-state index contributed by atoms with van der Waals surface area (Å²) < 4.78 is 0. The van der Waals surface area contributed by atoms with E-state index in [1.807, 2.05) is 6.92 Å². The molecule has 1 amide bonds. The molecule has 1 aliphatic rings. The van der Waals surface area contributed by atoms with Crippen LogP contribution in [-0.2, 0) is 4.79 Å². The number of rotatable bonds is 7.